The molecule has 0 aromatic carbocycles. The van der Waals surface area contributed by atoms with E-state index in [-0.39, 0.29) is 30.3 Å². The Labute approximate surface area is 113 Å². The molecule has 0 aromatic rings. The van der Waals surface area contributed by atoms with Crippen molar-refractivity contribution in [1.29, 1.82) is 0 Å². The van der Waals surface area contributed by atoms with Gasteiger partial charge < -0.3 is 10.0 Å². The van der Waals surface area contributed by atoms with E-state index in [1.165, 1.54) is 0 Å². The summed E-state index contributed by atoms with van der Waals surface area (Å²) in [6.07, 6.45) is 11.1. The van der Waals surface area contributed by atoms with E-state index in [0.29, 0.717) is 0 Å². The van der Waals surface area contributed by atoms with Crippen LogP contribution in [-0.4, -0.2) is 34.0 Å². The predicted octanol–water partition coefficient (Wildman–Crippen LogP) is 2.36. The maximum absolute atomic E-state index is 12.2. The molecular weight excluding hydrogens is 242 g/mol. The van der Waals surface area contributed by atoms with Gasteiger partial charge in [0.25, 0.3) is 0 Å². The second kappa shape index (κ2) is 6.04. The number of hydrogen-bond acceptors (Lipinski definition) is 2. The number of carboxylic acid groups (broad SMARTS) is 1. The molecule has 1 amide bonds. The number of fused-ring (bicyclic) bond motifs is 2. The molecule has 2 rings (SSSR count). The van der Waals surface area contributed by atoms with Crippen LogP contribution in [0, 0.1) is 5.92 Å². The van der Waals surface area contributed by atoms with Crippen LogP contribution in [0.4, 0.5) is 0 Å². The van der Waals surface area contributed by atoms with Gasteiger partial charge in [0.15, 0.2) is 0 Å². The van der Waals surface area contributed by atoms with Gasteiger partial charge in [0.05, 0.1) is 0 Å². The highest BCUT2D eigenvalue weighted by Crippen LogP contribution is 2.39. The summed E-state index contributed by atoms with van der Waals surface area (Å²) in [5.74, 6) is -0.421. The summed E-state index contributed by atoms with van der Waals surface area (Å²) in [7, 11) is 0. The van der Waals surface area contributed by atoms with Gasteiger partial charge in [-0.3, -0.25) is 9.59 Å². The zero-order chi connectivity index (χ0) is 13.8. The van der Waals surface area contributed by atoms with Gasteiger partial charge in [-0.15, -0.1) is 0 Å². The van der Waals surface area contributed by atoms with Crippen molar-refractivity contribution in [2.24, 2.45) is 5.92 Å². The van der Waals surface area contributed by atoms with Crippen LogP contribution in [0.15, 0.2) is 24.3 Å². The third kappa shape index (κ3) is 3.25. The lowest BCUT2D eigenvalue weighted by atomic mass is 9.88. The SMILES string of the molecule is CC=CC=CC(=O)N1C2CCC1CC(CC(=O)O)C2. The first-order valence-corrected chi connectivity index (χ1v) is 6.95. The number of amides is 1. The van der Waals surface area contributed by atoms with Crippen LogP contribution >= 0.6 is 0 Å². The Bertz CT molecular complexity index is 400. The summed E-state index contributed by atoms with van der Waals surface area (Å²) >= 11 is 0. The van der Waals surface area contributed by atoms with E-state index in [2.05, 4.69) is 0 Å². The molecule has 1 N–H and O–H groups in total. The second-order valence-electron chi connectivity index (χ2n) is 5.45. The number of nitrogens with zero attached hydrogens (tertiary/aromatic N) is 1. The molecule has 2 fully saturated rings. The molecule has 0 radical (unpaired) electrons. The third-order valence-electron chi connectivity index (χ3n) is 4.09. The number of carbonyl (C=O) groups excluding carboxylic acids is 1. The molecule has 0 aromatic heterocycles. The van der Waals surface area contributed by atoms with Gasteiger partial charge in [-0.1, -0.05) is 18.2 Å². The van der Waals surface area contributed by atoms with Crippen LogP contribution < -0.4 is 0 Å². The first-order chi connectivity index (χ1) is 9.11. The smallest absolute Gasteiger partial charge is 0.303 e. The van der Waals surface area contributed by atoms with Crippen molar-refractivity contribution < 1.29 is 14.7 Å². The molecule has 4 heteroatoms. The Hall–Kier alpha value is -1.58. The summed E-state index contributed by atoms with van der Waals surface area (Å²) in [4.78, 5) is 24.9. The highest BCUT2D eigenvalue weighted by atomic mass is 16.4. The molecule has 2 bridgehead atoms. The average molecular weight is 263 g/mol. The summed E-state index contributed by atoms with van der Waals surface area (Å²) in [6, 6.07) is 0.483. The Morgan fingerprint density at radius 2 is 1.84 bits per heavy atom. The molecular formula is C15H21NO3. The Morgan fingerprint density at radius 3 is 2.37 bits per heavy atom. The van der Waals surface area contributed by atoms with Gasteiger partial charge in [0.2, 0.25) is 5.91 Å². The number of aliphatic carboxylic acids is 1. The fraction of sp³-hybridized carbons (Fsp3) is 0.600. The number of hydrogen-bond donors (Lipinski definition) is 1. The molecule has 2 atom stereocenters. The third-order valence-corrected chi connectivity index (χ3v) is 4.09. The van der Waals surface area contributed by atoms with Crippen molar-refractivity contribution in [1.82, 2.24) is 4.90 Å². The van der Waals surface area contributed by atoms with E-state index in [9.17, 15) is 9.59 Å². The van der Waals surface area contributed by atoms with Gasteiger partial charge in [-0.2, -0.15) is 0 Å². The van der Waals surface area contributed by atoms with Crippen molar-refractivity contribution in [2.75, 3.05) is 0 Å². The molecule has 2 aliphatic heterocycles. The van der Waals surface area contributed by atoms with E-state index in [1.807, 2.05) is 24.0 Å². The molecule has 19 heavy (non-hydrogen) atoms. The molecule has 0 saturated carbocycles. The first-order valence-electron chi connectivity index (χ1n) is 6.95. The molecule has 2 saturated heterocycles. The summed E-state index contributed by atoms with van der Waals surface area (Å²) in [5.41, 5.74) is 0. The van der Waals surface area contributed by atoms with Crippen molar-refractivity contribution >= 4 is 11.9 Å². The number of rotatable bonds is 4. The standard InChI is InChI=1S/C15H21NO3/c1-2-3-4-5-14(17)16-12-6-7-13(16)9-11(8-12)10-15(18)19/h2-5,11-13H,6-10H2,1H3,(H,18,19). The summed E-state index contributed by atoms with van der Waals surface area (Å²) < 4.78 is 0. The van der Waals surface area contributed by atoms with Crippen molar-refractivity contribution in [3.05, 3.63) is 24.3 Å². The minimum Gasteiger partial charge on any atom is -0.481 e. The van der Waals surface area contributed by atoms with E-state index in [0.717, 1.165) is 25.7 Å². The summed E-state index contributed by atoms with van der Waals surface area (Å²) in [6.45, 7) is 1.91. The molecule has 104 valence electrons. The van der Waals surface area contributed by atoms with Gasteiger partial charge >= 0.3 is 5.97 Å². The number of carboxylic acids is 1. The quantitative estimate of drug-likeness (QED) is 0.625. The topological polar surface area (TPSA) is 57.6 Å². The maximum atomic E-state index is 12.2. The Balaban J connectivity index is 1.99. The Kier molecular flexibility index (Phi) is 4.40. The monoisotopic (exact) mass is 263 g/mol. The predicted molar refractivity (Wildman–Crippen MR) is 72.6 cm³/mol. The Morgan fingerprint density at radius 1 is 1.21 bits per heavy atom. The van der Waals surface area contributed by atoms with Crippen LogP contribution in [0.25, 0.3) is 0 Å². The van der Waals surface area contributed by atoms with Gasteiger partial charge in [-0.05, 0) is 38.5 Å². The molecule has 2 aliphatic rings. The normalized spacial score (nSPS) is 30.4. The minimum atomic E-state index is -0.725. The van der Waals surface area contributed by atoms with Gasteiger partial charge in [0.1, 0.15) is 0 Å². The van der Waals surface area contributed by atoms with Crippen molar-refractivity contribution in [2.45, 2.75) is 51.1 Å². The number of carbonyl (C=O) groups is 2. The zero-order valence-corrected chi connectivity index (χ0v) is 11.3. The van der Waals surface area contributed by atoms with Gasteiger partial charge in [-0.25, -0.2) is 0 Å². The number of piperidine rings is 1. The van der Waals surface area contributed by atoms with E-state index in [4.69, 9.17) is 5.11 Å². The van der Waals surface area contributed by atoms with Crippen LogP contribution in [0.3, 0.4) is 0 Å². The highest BCUT2D eigenvalue weighted by molar-refractivity contribution is 5.88. The zero-order valence-electron chi connectivity index (χ0n) is 11.3. The molecule has 0 spiro atoms. The van der Waals surface area contributed by atoms with Crippen LogP contribution in [-0.2, 0) is 9.59 Å². The lowest BCUT2D eigenvalue weighted by Gasteiger charge is -2.38. The lowest BCUT2D eigenvalue weighted by Crippen LogP contribution is -2.46. The highest BCUT2D eigenvalue weighted by Gasteiger charge is 2.42. The fourth-order valence-electron chi connectivity index (χ4n) is 3.40. The molecule has 0 aliphatic carbocycles. The van der Waals surface area contributed by atoms with Gasteiger partial charge in [0, 0.05) is 24.6 Å². The summed E-state index contributed by atoms with van der Waals surface area (Å²) in [5, 5.41) is 8.88. The largest absolute Gasteiger partial charge is 0.481 e. The van der Waals surface area contributed by atoms with Crippen molar-refractivity contribution in [3.8, 4) is 0 Å². The van der Waals surface area contributed by atoms with E-state index in [1.54, 1.807) is 12.2 Å². The fourth-order valence-corrected chi connectivity index (χ4v) is 3.40. The molecule has 2 heterocycles. The molecule has 4 nitrogen and oxygen atoms in total. The maximum Gasteiger partial charge on any atom is 0.303 e. The van der Waals surface area contributed by atoms with Crippen LogP contribution in [0.1, 0.15) is 39.0 Å². The molecule has 2 unspecified atom stereocenters. The van der Waals surface area contributed by atoms with Crippen molar-refractivity contribution in [3.63, 3.8) is 0 Å². The van der Waals surface area contributed by atoms with Crippen LogP contribution in [0.5, 0.6) is 0 Å². The second-order valence-corrected chi connectivity index (χ2v) is 5.45. The average Bonchev–Trinajstić information content (AvgIpc) is 2.61. The van der Waals surface area contributed by atoms with E-state index >= 15 is 0 Å². The number of allylic oxidation sites excluding steroid dienone is 3. The minimum absolute atomic E-state index is 0.0689. The van der Waals surface area contributed by atoms with E-state index < -0.39 is 5.97 Å². The first kappa shape index (κ1) is 13.8. The van der Waals surface area contributed by atoms with Crippen LogP contribution in [0.2, 0.25) is 0 Å². The lowest BCUT2D eigenvalue weighted by molar-refractivity contribution is -0.139.